The predicted octanol–water partition coefficient (Wildman–Crippen LogP) is 8.86. The van der Waals surface area contributed by atoms with E-state index in [1.807, 2.05) is 59.0 Å². The maximum absolute atomic E-state index is 14.4. The van der Waals surface area contributed by atoms with Gasteiger partial charge in [-0.15, -0.1) is 5.10 Å². The number of carbonyl (C=O) groups excluding carboxylic acids is 8. The Morgan fingerprint density at radius 1 is 0.676 bits per heavy atom. The normalized spacial score (nSPS) is 18.0. The van der Waals surface area contributed by atoms with E-state index in [1.54, 1.807) is 63.6 Å². The molecule has 2 saturated carbocycles. The maximum atomic E-state index is 14.4. The van der Waals surface area contributed by atoms with Crippen LogP contribution in [0.4, 0.5) is 26.2 Å². The lowest BCUT2D eigenvalue weighted by Gasteiger charge is -2.58. The minimum absolute atomic E-state index is 0.000212. The van der Waals surface area contributed by atoms with Crippen molar-refractivity contribution >= 4 is 102 Å². The number of carboxylic acids is 1. The van der Waals surface area contributed by atoms with Crippen molar-refractivity contribution in [1.29, 1.82) is 0 Å². The van der Waals surface area contributed by atoms with E-state index < -0.39 is 111 Å². The van der Waals surface area contributed by atoms with Crippen LogP contribution in [0.1, 0.15) is 147 Å². The molecule has 7 atom stereocenters. The summed E-state index contributed by atoms with van der Waals surface area (Å²) < 4.78 is 117. The second-order valence-electron chi connectivity index (χ2n) is 36.8. The Labute approximate surface area is 831 Å². The molecule has 4 aliphatic rings. The highest BCUT2D eigenvalue weighted by atomic mass is 32.2. The van der Waals surface area contributed by atoms with Gasteiger partial charge in [0.15, 0.2) is 10.8 Å². The Hall–Kier alpha value is -10.8. The van der Waals surface area contributed by atoms with E-state index in [1.165, 1.54) is 27.1 Å². The second kappa shape index (κ2) is 56.5. The number of imide groups is 1. The third-order valence-electron chi connectivity index (χ3n) is 24.8. The first-order chi connectivity index (χ1) is 68.4. The molecule has 8 N–H and O–H groups in total. The zero-order valence-corrected chi connectivity index (χ0v) is 83.7. The van der Waals surface area contributed by atoms with Crippen LogP contribution in [0.5, 0.6) is 0 Å². The molecule has 0 saturated heterocycles. The smallest absolute Gasteiger partial charge is 0.410 e. The summed E-state index contributed by atoms with van der Waals surface area (Å²) in [6.45, 7) is 22.4. The van der Waals surface area contributed by atoms with E-state index in [9.17, 15) is 61.2 Å². The van der Waals surface area contributed by atoms with Crippen molar-refractivity contribution in [2.24, 2.45) is 34.3 Å². The van der Waals surface area contributed by atoms with Crippen LogP contribution in [0.3, 0.4) is 0 Å². The van der Waals surface area contributed by atoms with Crippen LogP contribution in [-0.2, 0) is 133 Å². The number of urea groups is 1. The average molecular weight is 2020 g/mol. The minimum Gasteiger partial charge on any atom is -0.476 e. The average Bonchev–Trinajstić information content (AvgIpc) is 1.13. The fourth-order valence-electron chi connectivity index (χ4n) is 18.7. The van der Waals surface area contributed by atoms with Gasteiger partial charge in [-0.1, -0.05) is 87.6 Å². The lowest BCUT2D eigenvalue weighted by Crippen LogP contribution is -2.55. The van der Waals surface area contributed by atoms with Gasteiger partial charge in [0, 0.05) is 105 Å². The molecule has 11 rings (SSSR count). The van der Waals surface area contributed by atoms with E-state index in [2.05, 4.69) is 57.3 Å². The van der Waals surface area contributed by atoms with Crippen molar-refractivity contribution in [2.75, 3.05) is 213 Å². The molecule has 142 heavy (non-hydrogen) atoms. The molecule has 6 heterocycles. The second-order valence-corrected chi connectivity index (χ2v) is 39.4. The van der Waals surface area contributed by atoms with E-state index in [0.717, 1.165) is 56.9 Å². The number of ketones is 1. The lowest BCUT2D eigenvalue weighted by atomic mass is 9.51. The Bertz CT molecular complexity index is 5360. The van der Waals surface area contributed by atoms with Crippen LogP contribution >= 0.6 is 11.3 Å². The Morgan fingerprint density at radius 2 is 1.28 bits per heavy atom. The third kappa shape index (κ3) is 35.6. The maximum Gasteiger partial charge on any atom is 0.410 e. The van der Waals surface area contributed by atoms with Crippen LogP contribution in [0.15, 0.2) is 103 Å². The zero-order chi connectivity index (χ0) is 101. The fraction of sp³-hybridized carbons (Fsp3) is 0.592. The van der Waals surface area contributed by atoms with Gasteiger partial charge in [-0.2, -0.15) is 13.5 Å². The molecular formula is C98H137N15O27S2. The van der Waals surface area contributed by atoms with E-state index in [-0.39, 0.29) is 106 Å². The number of pyridine rings is 1. The number of benzene rings is 3. The van der Waals surface area contributed by atoms with Crippen LogP contribution in [0.2, 0.25) is 0 Å². The molecular weight excluding hydrogens is 1880 g/mol. The molecule has 7 aromatic rings. The molecule has 8 amide bonds. The number of Topliss-reactive ketones (excluding diaryl/α,β-unsaturated/α-hetero) is 1. The Morgan fingerprint density at radius 3 is 1.87 bits per heavy atom. The first-order valence-corrected chi connectivity index (χ1v) is 50.6. The van der Waals surface area contributed by atoms with E-state index in [0.29, 0.717) is 211 Å². The number of amides is 8. The SMILES string of the molecule is COCCOCCOCCOCCOCCOCCOCCOCCOCCOCCOCCOCCn1cc([C@H](CC(=O)C[C@H](C(=O)N[C@@H](CCCNC(N)=O)C(=O)Nc2ccc(COC(=O)N(CCOC34CC(C)CC(C)(CC(C)(Cn5ncc(-c6ccc(N7CCc8cccc(C(=O)Nc9nc%10ccccc%10s9)c8C7)nc6C(=O)O)c5C)C3)C4)CCS(=O)(=O)O)cc2)C(C)C)N2C(=O)C=CC2=O)nn1. The summed E-state index contributed by atoms with van der Waals surface area (Å²) in [7, 11) is -2.93. The van der Waals surface area contributed by atoms with Crippen molar-refractivity contribution < 1.29 is 128 Å². The van der Waals surface area contributed by atoms with Gasteiger partial charge in [0.1, 0.15) is 29.9 Å². The number of hydrogen-bond acceptors (Lipinski definition) is 32. The number of carbonyl (C=O) groups is 9. The highest BCUT2D eigenvalue weighted by molar-refractivity contribution is 7.85. The number of nitrogens with one attached hydrogen (secondary N) is 4. The number of hydrogen-bond donors (Lipinski definition) is 7. The summed E-state index contributed by atoms with van der Waals surface area (Å²) in [5.74, 6) is -6.25. The van der Waals surface area contributed by atoms with Crippen LogP contribution in [-0.4, -0.2) is 325 Å². The Balaban J connectivity index is 0.595. The number of methoxy groups -OCH3 is 1. The molecule has 42 nitrogen and oxygen atoms in total. The summed E-state index contributed by atoms with van der Waals surface area (Å²) in [5, 5.41) is 35.7. The molecule has 778 valence electrons. The first-order valence-electron chi connectivity index (χ1n) is 48.2. The van der Waals surface area contributed by atoms with Crippen molar-refractivity contribution in [3.63, 3.8) is 0 Å². The van der Waals surface area contributed by atoms with Crippen LogP contribution in [0.25, 0.3) is 21.3 Å². The number of aromatic nitrogens is 7. The summed E-state index contributed by atoms with van der Waals surface area (Å²) in [6.07, 6.45) is 8.19. The lowest BCUT2D eigenvalue weighted by molar-refractivity contribution is -0.179. The molecule has 0 radical (unpaired) electrons. The largest absolute Gasteiger partial charge is 0.476 e. The van der Waals surface area contributed by atoms with Crippen molar-refractivity contribution in [3.05, 3.63) is 143 Å². The number of fused-ring (bicyclic) bond motifs is 4. The number of ether oxygens (including phenoxy) is 14. The molecule has 2 bridgehead atoms. The molecule has 2 aliphatic carbocycles. The van der Waals surface area contributed by atoms with E-state index >= 15 is 0 Å². The summed E-state index contributed by atoms with van der Waals surface area (Å²) in [5.41, 5.74) is 9.65. The first kappa shape index (κ1) is 112. The van der Waals surface area contributed by atoms with Gasteiger partial charge in [0.25, 0.3) is 27.8 Å². The number of anilines is 3. The van der Waals surface area contributed by atoms with Crippen LogP contribution < -0.4 is 31.9 Å². The quantitative estimate of drug-likeness (QED) is 0.0106. The molecule has 3 aromatic carbocycles. The van der Waals surface area contributed by atoms with Gasteiger partial charge in [0.2, 0.25) is 11.8 Å². The molecule has 0 spiro atoms. The number of primary amides is 1. The third-order valence-corrected chi connectivity index (χ3v) is 26.4. The monoisotopic (exact) mass is 2020 g/mol. The van der Waals surface area contributed by atoms with Gasteiger partial charge in [-0.05, 0) is 140 Å². The Kier molecular flexibility index (Phi) is 44.4. The van der Waals surface area contributed by atoms with Crippen molar-refractivity contribution in [3.8, 4) is 11.1 Å². The number of thiazole rings is 1. The standard InChI is InChI=1S/C98H137N15O27S2/c1-68(2)77(56-74(114)57-83(113-86(115)23-24-87(113)116)82-62-111(108-107-82)29-31-128-35-36-130-39-40-132-43-44-134-47-48-136-51-52-138-54-53-137-50-49-135-46-45-133-42-41-131-38-37-129-34-33-127-7)90(118)103-81(15-11-26-100-93(99)122)91(119)102-73-19-17-71(18-20-73)63-139-95(123)109(30-55-142(124,125)126)28-32-140-98-59-69(3)58-96(5,65-98)64-97(6,66-98)67-112-70(4)78(60-101-112)75-21-22-85(105-88(75)92(120)121)110-27-25-72-12-10-13-76(79(72)61-110)89(117)106-94-104-80-14-8-9-16-84(80)141-94/h8-10,12-14,16-24,60,62,68-69,77,81,83H,11,15,25-59,61,63-67H2,1-7H3,(H,102,119)(H,103,118)(H,120,121)(H3,99,100,122)(H,104,106,117)(H,124,125,126)/t69?,77-,81-,83-,96?,97?,98?/m0/s1. The molecule has 4 aromatic heterocycles. The highest BCUT2D eigenvalue weighted by Gasteiger charge is 2.56. The minimum atomic E-state index is -4.56. The molecule has 2 aliphatic heterocycles. The number of carboxylic acid groups (broad SMARTS) is 1. The zero-order valence-electron chi connectivity index (χ0n) is 82.1. The van der Waals surface area contributed by atoms with Gasteiger partial charge in [0.05, 0.1) is 205 Å². The van der Waals surface area contributed by atoms with Gasteiger partial charge < -0.3 is 103 Å². The summed E-state index contributed by atoms with van der Waals surface area (Å²) in [6, 6.07) is 19.9. The van der Waals surface area contributed by atoms with Crippen molar-refractivity contribution in [2.45, 2.75) is 150 Å². The summed E-state index contributed by atoms with van der Waals surface area (Å²) in [4.78, 5) is 136. The van der Waals surface area contributed by atoms with Gasteiger partial charge in [-0.3, -0.25) is 48.2 Å². The van der Waals surface area contributed by atoms with E-state index in [4.69, 9.17) is 82.1 Å². The van der Waals surface area contributed by atoms with Crippen LogP contribution in [0, 0.1) is 35.5 Å². The predicted molar refractivity (Wildman–Crippen MR) is 522 cm³/mol. The fourth-order valence-corrected chi connectivity index (χ4v) is 20.0. The number of para-hydroxylation sites is 1. The van der Waals surface area contributed by atoms with Gasteiger partial charge >= 0.3 is 18.1 Å². The molecule has 4 unspecified atom stereocenters. The highest BCUT2D eigenvalue weighted by Crippen LogP contribution is 2.60. The number of nitrogens with zero attached hydrogens (tertiary/aromatic N) is 10. The molecule has 2 fully saturated rings. The van der Waals surface area contributed by atoms with Gasteiger partial charge in [-0.25, -0.2) is 29.0 Å². The number of rotatable bonds is 67. The molecule has 44 heteroatoms. The summed E-state index contributed by atoms with van der Waals surface area (Å²) >= 11 is 1.39. The topological polar surface area (TPSA) is 516 Å². The van der Waals surface area contributed by atoms with Crippen molar-refractivity contribution in [1.82, 2.24) is 55.2 Å². The number of aromatic carboxylic acids is 1. The number of nitrogens with two attached hydrogens (primary N) is 1.